The van der Waals surface area contributed by atoms with Gasteiger partial charge in [0.1, 0.15) is 0 Å². The van der Waals surface area contributed by atoms with Crippen LogP contribution in [0.5, 0.6) is 0 Å². The van der Waals surface area contributed by atoms with Gasteiger partial charge in [-0.2, -0.15) is 5.10 Å². The molecule has 0 aliphatic rings. The van der Waals surface area contributed by atoms with Crippen molar-refractivity contribution in [3.8, 4) is 17.1 Å². The first-order valence-electron chi connectivity index (χ1n) is 12.0. The van der Waals surface area contributed by atoms with Gasteiger partial charge in [-0.25, -0.2) is 15.1 Å². The van der Waals surface area contributed by atoms with E-state index in [4.69, 9.17) is 4.84 Å². The number of aliphatic hydroxyl groups excluding tert-OH is 1. The molecule has 0 aliphatic heterocycles. The lowest BCUT2D eigenvalue weighted by Gasteiger charge is -2.24. The van der Waals surface area contributed by atoms with Crippen LogP contribution >= 0.6 is 0 Å². The van der Waals surface area contributed by atoms with E-state index in [1.165, 1.54) is 4.68 Å². The van der Waals surface area contributed by atoms with E-state index in [9.17, 15) is 14.7 Å². The SMILES string of the molecule is CC(C)ONC(=O)C(O)C(Cc1ccccc1)NC(=O)c1cccnc1-n1ccc(-c2ccccc2)n1. The molecule has 4 aromatic rings. The fourth-order valence-corrected chi connectivity index (χ4v) is 3.74. The zero-order valence-electron chi connectivity index (χ0n) is 20.6. The maximum atomic E-state index is 13.4. The maximum Gasteiger partial charge on any atom is 0.274 e. The molecule has 0 saturated heterocycles. The number of aromatic nitrogens is 3. The summed E-state index contributed by atoms with van der Waals surface area (Å²) in [5, 5.41) is 18.2. The quantitative estimate of drug-likeness (QED) is 0.289. The van der Waals surface area contributed by atoms with Gasteiger partial charge in [-0.05, 0) is 44.0 Å². The highest BCUT2D eigenvalue weighted by Crippen LogP contribution is 2.19. The number of hydrogen-bond donors (Lipinski definition) is 3. The third kappa shape index (κ3) is 6.66. The summed E-state index contributed by atoms with van der Waals surface area (Å²) in [5.41, 5.74) is 5.00. The average Bonchev–Trinajstić information content (AvgIpc) is 3.42. The van der Waals surface area contributed by atoms with Crippen LogP contribution in [0.2, 0.25) is 0 Å². The number of pyridine rings is 1. The molecule has 0 bridgehead atoms. The summed E-state index contributed by atoms with van der Waals surface area (Å²) in [5.74, 6) is -0.930. The molecule has 0 fully saturated rings. The van der Waals surface area contributed by atoms with E-state index < -0.39 is 24.0 Å². The van der Waals surface area contributed by atoms with Crippen LogP contribution in [0.3, 0.4) is 0 Å². The Balaban J connectivity index is 1.58. The van der Waals surface area contributed by atoms with Crippen molar-refractivity contribution >= 4 is 11.8 Å². The predicted octanol–water partition coefficient (Wildman–Crippen LogP) is 3.09. The smallest absolute Gasteiger partial charge is 0.274 e. The molecule has 4 rings (SSSR count). The zero-order chi connectivity index (χ0) is 26.2. The van der Waals surface area contributed by atoms with Crippen molar-refractivity contribution in [2.75, 3.05) is 0 Å². The minimum absolute atomic E-state index is 0.221. The highest BCUT2D eigenvalue weighted by molar-refractivity contribution is 5.97. The van der Waals surface area contributed by atoms with Crippen LogP contribution < -0.4 is 10.8 Å². The number of nitrogens with one attached hydrogen (secondary N) is 2. The lowest BCUT2D eigenvalue weighted by Crippen LogP contribution is -2.52. The Bertz CT molecular complexity index is 1320. The van der Waals surface area contributed by atoms with Crippen LogP contribution in [0.4, 0.5) is 0 Å². The van der Waals surface area contributed by atoms with Gasteiger partial charge in [0, 0.05) is 18.0 Å². The van der Waals surface area contributed by atoms with Crippen LogP contribution in [0, 0.1) is 0 Å². The van der Waals surface area contributed by atoms with Gasteiger partial charge in [-0.15, -0.1) is 0 Å². The number of hydrogen-bond acceptors (Lipinski definition) is 6. The first kappa shape index (κ1) is 25.7. The molecule has 2 aromatic heterocycles. The van der Waals surface area contributed by atoms with Gasteiger partial charge in [0.05, 0.1) is 23.4 Å². The van der Waals surface area contributed by atoms with Gasteiger partial charge in [0.15, 0.2) is 11.9 Å². The Kier molecular flexibility index (Phi) is 8.40. The van der Waals surface area contributed by atoms with E-state index in [0.29, 0.717) is 5.82 Å². The molecule has 0 spiro atoms. The number of benzene rings is 2. The summed E-state index contributed by atoms with van der Waals surface area (Å²) < 4.78 is 1.53. The van der Waals surface area contributed by atoms with E-state index in [2.05, 4.69) is 20.9 Å². The second-order valence-corrected chi connectivity index (χ2v) is 8.73. The standard InChI is InChI=1S/C28H29N5O4/c1-19(2)37-32-28(36)25(34)24(18-20-10-5-3-6-11-20)30-27(35)22-14-9-16-29-26(22)33-17-15-23(31-33)21-12-7-4-8-13-21/h3-17,19,24-25,34H,18H2,1-2H3,(H,30,35)(H,32,36). The van der Waals surface area contributed by atoms with Crippen molar-refractivity contribution in [3.05, 3.63) is 102 Å². The van der Waals surface area contributed by atoms with Gasteiger partial charge in [0.2, 0.25) is 0 Å². The number of hydroxylamine groups is 1. The molecular formula is C28H29N5O4. The molecular weight excluding hydrogens is 470 g/mol. The Hall–Kier alpha value is -4.34. The Morgan fingerprint density at radius 1 is 0.973 bits per heavy atom. The van der Waals surface area contributed by atoms with E-state index in [-0.39, 0.29) is 18.1 Å². The van der Waals surface area contributed by atoms with Crippen LogP contribution in [0.15, 0.2) is 91.3 Å². The minimum atomic E-state index is -1.56. The maximum absolute atomic E-state index is 13.4. The van der Waals surface area contributed by atoms with Crippen LogP contribution in [0.1, 0.15) is 29.8 Å². The second-order valence-electron chi connectivity index (χ2n) is 8.73. The van der Waals surface area contributed by atoms with Crippen molar-refractivity contribution in [2.24, 2.45) is 0 Å². The summed E-state index contributed by atoms with van der Waals surface area (Å²) in [6, 6.07) is 23.1. The predicted molar refractivity (Wildman–Crippen MR) is 139 cm³/mol. The highest BCUT2D eigenvalue weighted by Gasteiger charge is 2.29. The summed E-state index contributed by atoms with van der Waals surface area (Å²) in [6.45, 7) is 3.50. The van der Waals surface area contributed by atoms with Gasteiger partial charge in [-0.1, -0.05) is 60.7 Å². The lowest BCUT2D eigenvalue weighted by molar-refractivity contribution is -0.146. The van der Waals surface area contributed by atoms with Crippen LogP contribution in [0.25, 0.3) is 17.1 Å². The number of amides is 2. The average molecular weight is 500 g/mol. The summed E-state index contributed by atoms with van der Waals surface area (Å²) >= 11 is 0. The van der Waals surface area contributed by atoms with Gasteiger partial charge in [-0.3, -0.25) is 14.4 Å². The summed E-state index contributed by atoms with van der Waals surface area (Å²) in [7, 11) is 0. The highest BCUT2D eigenvalue weighted by atomic mass is 16.7. The largest absolute Gasteiger partial charge is 0.381 e. The fraction of sp³-hybridized carbons (Fsp3) is 0.214. The van der Waals surface area contributed by atoms with Gasteiger partial charge >= 0.3 is 0 Å². The third-order valence-electron chi connectivity index (χ3n) is 5.57. The first-order chi connectivity index (χ1) is 17.9. The number of nitrogens with zero attached hydrogens (tertiary/aromatic N) is 3. The normalized spacial score (nSPS) is 12.6. The lowest BCUT2D eigenvalue weighted by atomic mass is 10.00. The van der Waals surface area contributed by atoms with Crippen molar-refractivity contribution in [1.29, 1.82) is 0 Å². The zero-order valence-corrected chi connectivity index (χ0v) is 20.6. The molecule has 0 radical (unpaired) electrons. The Morgan fingerprint density at radius 3 is 2.38 bits per heavy atom. The molecule has 2 atom stereocenters. The Morgan fingerprint density at radius 2 is 1.68 bits per heavy atom. The molecule has 3 N–H and O–H groups in total. The molecule has 0 aliphatic carbocycles. The molecule has 2 heterocycles. The third-order valence-corrected chi connectivity index (χ3v) is 5.57. The van der Waals surface area contributed by atoms with E-state index in [1.807, 2.05) is 66.7 Å². The molecule has 9 heteroatoms. The van der Waals surface area contributed by atoms with Crippen molar-refractivity contribution in [3.63, 3.8) is 0 Å². The van der Waals surface area contributed by atoms with Crippen molar-refractivity contribution in [2.45, 2.75) is 38.5 Å². The molecule has 2 amide bonds. The topological polar surface area (TPSA) is 118 Å². The number of carbonyl (C=O) groups is 2. The molecule has 190 valence electrons. The number of aliphatic hydroxyl groups is 1. The molecule has 9 nitrogen and oxygen atoms in total. The number of rotatable bonds is 10. The fourth-order valence-electron chi connectivity index (χ4n) is 3.74. The van der Waals surface area contributed by atoms with Crippen molar-refractivity contribution in [1.82, 2.24) is 25.6 Å². The second kappa shape index (κ2) is 12.1. The van der Waals surface area contributed by atoms with E-state index >= 15 is 0 Å². The first-order valence-corrected chi connectivity index (χ1v) is 12.0. The van der Waals surface area contributed by atoms with Crippen molar-refractivity contribution < 1.29 is 19.5 Å². The monoisotopic (exact) mass is 499 g/mol. The van der Waals surface area contributed by atoms with Crippen LogP contribution in [-0.2, 0) is 16.1 Å². The Labute approximate surface area is 215 Å². The molecule has 2 aromatic carbocycles. The molecule has 2 unspecified atom stereocenters. The van der Waals surface area contributed by atoms with E-state index in [1.54, 1.807) is 38.4 Å². The number of carbonyl (C=O) groups excluding carboxylic acids is 2. The van der Waals surface area contributed by atoms with Gasteiger partial charge in [0.25, 0.3) is 11.8 Å². The summed E-state index contributed by atoms with van der Waals surface area (Å²) in [4.78, 5) is 35.5. The van der Waals surface area contributed by atoms with Crippen LogP contribution in [-0.4, -0.2) is 49.9 Å². The van der Waals surface area contributed by atoms with E-state index in [0.717, 1.165) is 16.8 Å². The molecule has 37 heavy (non-hydrogen) atoms. The van der Waals surface area contributed by atoms with Gasteiger partial charge < -0.3 is 10.4 Å². The molecule has 0 saturated carbocycles. The minimum Gasteiger partial charge on any atom is -0.381 e. The summed E-state index contributed by atoms with van der Waals surface area (Å²) in [6.07, 6.45) is 1.69.